The van der Waals surface area contributed by atoms with E-state index in [2.05, 4.69) is 22.4 Å². The summed E-state index contributed by atoms with van der Waals surface area (Å²) in [5, 5.41) is 8.71. The van der Waals surface area contributed by atoms with Gasteiger partial charge in [0.1, 0.15) is 12.1 Å². The number of hydrogen-bond donors (Lipinski definition) is 1. The molecule has 170 valence electrons. The predicted octanol–water partition coefficient (Wildman–Crippen LogP) is 5.13. The molecule has 5 rings (SSSR count). The fourth-order valence-electron chi connectivity index (χ4n) is 4.42. The first-order chi connectivity index (χ1) is 16.2. The van der Waals surface area contributed by atoms with E-state index in [4.69, 9.17) is 14.8 Å². The molecule has 1 fully saturated rings. The Hall–Kier alpha value is -3.13. The summed E-state index contributed by atoms with van der Waals surface area (Å²) in [5.74, 6) is 1.09. The number of carbonyl (C=O) groups is 1. The van der Waals surface area contributed by atoms with Gasteiger partial charge in [-0.2, -0.15) is 4.98 Å². The van der Waals surface area contributed by atoms with Gasteiger partial charge in [0.2, 0.25) is 11.1 Å². The van der Waals surface area contributed by atoms with E-state index < -0.39 is 6.04 Å². The molecule has 1 aromatic carbocycles. The molecule has 0 amide bonds. The second-order valence-corrected chi connectivity index (χ2v) is 9.40. The van der Waals surface area contributed by atoms with Crippen molar-refractivity contribution in [3.63, 3.8) is 0 Å². The molecule has 0 radical (unpaired) electrons. The van der Waals surface area contributed by atoms with Gasteiger partial charge in [0, 0.05) is 23.8 Å². The van der Waals surface area contributed by atoms with Crippen LogP contribution in [0.2, 0.25) is 0 Å². The van der Waals surface area contributed by atoms with Crippen molar-refractivity contribution in [2.75, 3.05) is 5.32 Å². The Morgan fingerprint density at radius 3 is 2.73 bits per heavy atom. The first-order valence-corrected chi connectivity index (χ1v) is 12.4. The number of allylic oxidation sites excluding steroid dienone is 1. The van der Waals surface area contributed by atoms with E-state index in [-0.39, 0.29) is 12.1 Å². The van der Waals surface area contributed by atoms with E-state index in [1.54, 1.807) is 28.8 Å². The third-order valence-electron chi connectivity index (χ3n) is 6.09. The van der Waals surface area contributed by atoms with Crippen LogP contribution in [-0.2, 0) is 15.3 Å². The molecule has 1 atom stereocenters. The van der Waals surface area contributed by atoms with Gasteiger partial charge in [0.25, 0.3) is 0 Å². The van der Waals surface area contributed by atoms with Crippen LogP contribution in [0, 0.1) is 0 Å². The Bertz CT molecular complexity index is 1140. The molecule has 1 unspecified atom stereocenters. The van der Waals surface area contributed by atoms with Crippen LogP contribution in [0.15, 0.2) is 71.3 Å². The number of hydrogen-bond acceptors (Lipinski definition) is 7. The van der Waals surface area contributed by atoms with Crippen LogP contribution >= 0.6 is 11.8 Å². The molecule has 2 aliphatic rings. The minimum atomic E-state index is -0.440. The second kappa shape index (κ2) is 9.79. The number of ether oxygens (including phenoxy) is 1. The van der Waals surface area contributed by atoms with Crippen LogP contribution in [0.3, 0.4) is 0 Å². The summed E-state index contributed by atoms with van der Waals surface area (Å²) < 4.78 is 7.74. The standard InChI is InChI=1S/C25H27N5O2S/c1-17-21(23(31)32-20-12-6-3-7-13-20)22(19-11-8-14-26-15-19)30-24(27-17)28-25(29-30)33-16-18-9-4-2-5-10-18/h2,4-5,8-11,14-15,20,22H,3,6-7,12-13,16H2,1H3,(H,27,28,29). The van der Waals surface area contributed by atoms with Gasteiger partial charge >= 0.3 is 5.97 Å². The van der Waals surface area contributed by atoms with Crippen LogP contribution in [0.1, 0.15) is 56.2 Å². The molecule has 0 bridgehead atoms. The summed E-state index contributed by atoms with van der Waals surface area (Å²) in [7, 11) is 0. The van der Waals surface area contributed by atoms with Crippen molar-refractivity contribution >= 4 is 23.7 Å². The third-order valence-corrected chi connectivity index (χ3v) is 7.00. The molecule has 1 N–H and O–H groups in total. The number of fused-ring (bicyclic) bond motifs is 1. The van der Waals surface area contributed by atoms with Crippen LogP contribution in [0.5, 0.6) is 0 Å². The molecular weight excluding hydrogens is 434 g/mol. The van der Waals surface area contributed by atoms with Crippen molar-refractivity contribution in [2.45, 2.75) is 62.1 Å². The van der Waals surface area contributed by atoms with Crippen molar-refractivity contribution in [1.82, 2.24) is 19.7 Å². The van der Waals surface area contributed by atoms with Gasteiger partial charge in [-0.1, -0.05) is 54.6 Å². The highest BCUT2D eigenvalue weighted by Crippen LogP contribution is 2.37. The predicted molar refractivity (Wildman–Crippen MR) is 128 cm³/mol. The smallest absolute Gasteiger partial charge is 0.338 e. The SMILES string of the molecule is CC1=C(C(=O)OC2CCCCC2)C(c2cccnc2)n2nc(SCc3ccccc3)nc2N1. The Morgan fingerprint density at radius 1 is 1.15 bits per heavy atom. The molecule has 2 aromatic heterocycles. The Labute approximate surface area is 197 Å². The minimum Gasteiger partial charge on any atom is -0.459 e. The number of aromatic nitrogens is 4. The second-order valence-electron chi connectivity index (χ2n) is 8.45. The van der Waals surface area contributed by atoms with Gasteiger partial charge in [0.05, 0.1) is 5.57 Å². The Kier molecular flexibility index (Phi) is 6.44. The maximum absolute atomic E-state index is 13.4. The highest BCUT2D eigenvalue weighted by molar-refractivity contribution is 7.98. The topological polar surface area (TPSA) is 81.9 Å². The number of benzene rings is 1. The fourth-order valence-corrected chi connectivity index (χ4v) is 5.21. The summed E-state index contributed by atoms with van der Waals surface area (Å²) in [6.45, 7) is 1.90. The van der Waals surface area contributed by atoms with E-state index >= 15 is 0 Å². The van der Waals surface area contributed by atoms with Gasteiger partial charge < -0.3 is 10.1 Å². The van der Waals surface area contributed by atoms with Crippen LogP contribution in [-0.4, -0.2) is 31.8 Å². The summed E-state index contributed by atoms with van der Waals surface area (Å²) in [5.41, 5.74) is 3.38. The van der Waals surface area contributed by atoms with Crippen molar-refractivity contribution < 1.29 is 9.53 Å². The van der Waals surface area contributed by atoms with Crippen LogP contribution in [0.25, 0.3) is 0 Å². The minimum absolute atomic E-state index is 0.0183. The molecule has 1 aliphatic heterocycles. The summed E-state index contributed by atoms with van der Waals surface area (Å²) in [4.78, 5) is 22.4. The third kappa shape index (κ3) is 4.80. The molecule has 0 saturated heterocycles. The Morgan fingerprint density at radius 2 is 1.97 bits per heavy atom. The highest BCUT2D eigenvalue weighted by atomic mass is 32.2. The van der Waals surface area contributed by atoms with Crippen molar-refractivity contribution in [1.29, 1.82) is 0 Å². The number of nitrogens with one attached hydrogen (secondary N) is 1. The number of nitrogens with zero attached hydrogens (tertiary/aromatic N) is 4. The average molecular weight is 462 g/mol. The van der Waals surface area contributed by atoms with E-state index in [0.717, 1.165) is 42.7 Å². The quantitative estimate of drug-likeness (QED) is 0.402. The summed E-state index contributed by atoms with van der Waals surface area (Å²) >= 11 is 1.57. The molecule has 33 heavy (non-hydrogen) atoms. The number of rotatable bonds is 6. The largest absolute Gasteiger partial charge is 0.459 e. The van der Waals surface area contributed by atoms with Crippen molar-refractivity contribution in [2.24, 2.45) is 0 Å². The lowest BCUT2D eigenvalue weighted by molar-refractivity contribution is -0.146. The van der Waals surface area contributed by atoms with Gasteiger partial charge in [-0.15, -0.1) is 5.10 Å². The first-order valence-electron chi connectivity index (χ1n) is 11.4. The molecule has 3 heterocycles. The Balaban J connectivity index is 1.44. The van der Waals surface area contributed by atoms with E-state index in [1.807, 2.05) is 37.3 Å². The first kappa shape index (κ1) is 21.7. The van der Waals surface area contributed by atoms with E-state index in [0.29, 0.717) is 16.7 Å². The highest BCUT2D eigenvalue weighted by Gasteiger charge is 2.36. The molecule has 0 spiro atoms. The van der Waals surface area contributed by atoms with Crippen LogP contribution < -0.4 is 5.32 Å². The normalized spacial score (nSPS) is 18.5. The number of carbonyl (C=O) groups excluding carboxylic acids is 1. The van der Waals surface area contributed by atoms with Crippen molar-refractivity contribution in [3.8, 4) is 0 Å². The molecule has 7 nitrogen and oxygen atoms in total. The van der Waals surface area contributed by atoms with Gasteiger partial charge in [-0.3, -0.25) is 4.98 Å². The fraction of sp³-hybridized carbons (Fsp3) is 0.360. The maximum Gasteiger partial charge on any atom is 0.338 e. The maximum atomic E-state index is 13.4. The molecule has 3 aromatic rings. The molecule has 1 saturated carbocycles. The van der Waals surface area contributed by atoms with Gasteiger partial charge in [0.15, 0.2) is 0 Å². The summed E-state index contributed by atoms with van der Waals surface area (Å²) in [6.07, 6.45) is 8.77. The van der Waals surface area contributed by atoms with Crippen molar-refractivity contribution in [3.05, 3.63) is 77.3 Å². The van der Waals surface area contributed by atoms with E-state index in [9.17, 15) is 4.79 Å². The molecule has 8 heteroatoms. The summed E-state index contributed by atoms with van der Waals surface area (Å²) in [6, 6.07) is 13.6. The van der Waals surface area contributed by atoms with Gasteiger partial charge in [-0.05, 0) is 49.8 Å². The lowest BCUT2D eigenvalue weighted by Crippen LogP contribution is -2.32. The lowest BCUT2D eigenvalue weighted by Gasteiger charge is -2.29. The van der Waals surface area contributed by atoms with Crippen LogP contribution in [0.4, 0.5) is 5.95 Å². The molecular formula is C25H27N5O2S. The number of anilines is 1. The lowest BCUT2D eigenvalue weighted by atomic mass is 9.95. The molecule has 1 aliphatic carbocycles. The number of pyridine rings is 1. The average Bonchev–Trinajstić information content (AvgIpc) is 3.26. The zero-order valence-electron chi connectivity index (χ0n) is 18.6. The monoisotopic (exact) mass is 461 g/mol. The number of esters is 1. The number of thioether (sulfide) groups is 1. The van der Waals surface area contributed by atoms with Gasteiger partial charge in [-0.25, -0.2) is 9.48 Å². The zero-order valence-corrected chi connectivity index (χ0v) is 19.4. The zero-order chi connectivity index (χ0) is 22.6. The van der Waals surface area contributed by atoms with E-state index in [1.165, 1.54) is 12.0 Å².